The van der Waals surface area contributed by atoms with Crippen molar-refractivity contribution in [2.45, 2.75) is 116 Å². The van der Waals surface area contributed by atoms with Gasteiger partial charge in [0.05, 0.1) is 0 Å². The molecule has 0 saturated heterocycles. The summed E-state index contributed by atoms with van der Waals surface area (Å²) in [5, 5.41) is 0. The topological polar surface area (TPSA) is 75.7 Å². The molecule has 0 aliphatic carbocycles. The van der Waals surface area contributed by atoms with Crippen molar-refractivity contribution in [3.05, 3.63) is 0 Å². The molecule has 1 unspecified atom stereocenters. The molecule has 0 aromatic rings. The van der Waals surface area contributed by atoms with Gasteiger partial charge in [-0.2, -0.15) is 0 Å². The smallest absolute Gasteiger partial charge is 0.725 e. The Morgan fingerprint density at radius 2 is 1.15 bits per heavy atom. The summed E-state index contributed by atoms with van der Waals surface area (Å²) in [5.41, 5.74) is 0. The van der Waals surface area contributed by atoms with Crippen LogP contribution in [0.25, 0.3) is 0 Å². The third-order valence-electron chi connectivity index (χ3n) is 4.30. The number of unbranched alkanes of at least 4 members (excludes halogenated alkanes) is 12. The first-order valence-electron chi connectivity index (χ1n) is 10.2. The molecule has 0 fully saturated rings. The summed E-state index contributed by atoms with van der Waals surface area (Å²) in [5.74, 6) is 0. The summed E-state index contributed by atoms with van der Waals surface area (Å²) in [6, 6.07) is 0. The first kappa shape index (κ1) is 29.7. The summed E-state index contributed by atoms with van der Waals surface area (Å²) in [6.45, 7) is 4.58. The molecule has 0 aromatic carbocycles. The van der Waals surface area contributed by atoms with Gasteiger partial charge in [-0.15, -0.1) is 0 Å². The molecule has 0 spiro atoms. The summed E-state index contributed by atoms with van der Waals surface area (Å²) in [6.07, 6.45) is 16.8. The number of hydrogen-bond acceptors (Lipinski definition) is 5. The third-order valence-corrected chi connectivity index (χ3v) is 4.75. The van der Waals surface area contributed by atoms with E-state index in [0.29, 0.717) is 19.4 Å². The van der Waals surface area contributed by atoms with Crippen LogP contribution in [0.4, 0.5) is 0 Å². The average Bonchev–Trinajstić information content (AvgIpc) is 2.54. The normalized spacial score (nSPS) is 12.7. The Labute approximate surface area is 204 Å². The van der Waals surface area contributed by atoms with Crippen molar-refractivity contribution >= 4 is 10.4 Å². The fraction of sp³-hybridized carbons (Fsp3) is 1.00. The molecule has 0 amide bonds. The largest absolute Gasteiger partial charge is 1.00 e. The Balaban J connectivity index is 0. The Kier molecular flexibility index (Phi) is 24.2. The fourth-order valence-corrected chi connectivity index (χ4v) is 3.28. The quantitative estimate of drug-likeness (QED) is 0.106. The van der Waals surface area contributed by atoms with E-state index in [4.69, 9.17) is 4.74 Å². The molecule has 0 bridgehead atoms. The maximum absolute atomic E-state index is 10.6. The van der Waals surface area contributed by atoms with Crippen LogP contribution < -0.4 is 51.4 Å². The van der Waals surface area contributed by atoms with Crippen LogP contribution in [0.15, 0.2) is 0 Å². The second kappa shape index (κ2) is 21.2. The zero-order valence-corrected chi connectivity index (χ0v) is 21.3. The van der Waals surface area contributed by atoms with Crippen LogP contribution >= 0.6 is 0 Å². The van der Waals surface area contributed by atoms with E-state index in [1.807, 2.05) is 6.92 Å². The first-order chi connectivity index (χ1) is 12.0. The number of hydrogen-bond donors (Lipinski definition) is 0. The maximum atomic E-state index is 10.6. The molecule has 26 heavy (non-hydrogen) atoms. The van der Waals surface area contributed by atoms with Crippen LogP contribution in [0.1, 0.15) is 110 Å². The first-order valence-corrected chi connectivity index (χ1v) is 11.6. The van der Waals surface area contributed by atoms with Gasteiger partial charge in [0.15, 0.2) is 6.29 Å². The molecule has 0 aliphatic heterocycles. The van der Waals surface area contributed by atoms with Crippen molar-refractivity contribution in [3.63, 3.8) is 0 Å². The van der Waals surface area contributed by atoms with Crippen molar-refractivity contribution < 1.29 is 73.3 Å². The Morgan fingerprint density at radius 3 is 1.54 bits per heavy atom. The minimum atomic E-state index is -4.69. The van der Waals surface area contributed by atoms with E-state index in [2.05, 4.69) is 11.1 Å². The van der Waals surface area contributed by atoms with E-state index in [9.17, 15) is 13.0 Å². The third kappa shape index (κ3) is 23.5. The minimum absolute atomic E-state index is 0. The van der Waals surface area contributed by atoms with Gasteiger partial charge in [0.1, 0.15) is 0 Å². The van der Waals surface area contributed by atoms with E-state index in [-0.39, 0.29) is 51.4 Å². The maximum Gasteiger partial charge on any atom is 1.00 e. The molecule has 0 radical (unpaired) electrons. The van der Waals surface area contributed by atoms with Gasteiger partial charge in [0.2, 0.25) is 10.4 Å². The molecule has 0 saturated carbocycles. The van der Waals surface area contributed by atoms with Gasteiger partial charge < -0.3 is 9.29 Å². The van der Waals surface area contributed by atoms with E-state index >= 15 is 0 Å². The molecule has 1 atom stereocenters. The van der Waals surface area contributed by atoms with E-state index in [1.165, 1.54) is 70.6 Å². The van der Waals surface area contributed by atoms with Crippen molar-refractivity contribution in [2.24, 2.45) is 0 Å². The summed E-state index contributed by atoms with van der Waals surface area (Å²) < 4.78 is 41.6. The van der Waals surface area contributed by atoms with Gasteiger partial charge in [-0.05, 0) is 12.8 Å². The summed E-state index contributed by atoms with van der Waals surface area (Å²) >= 11 is 0. The summed E-state index contributed by atoms with van der Waals surface area (Å²) in [4.78, 5) is 0. The standard InChI is InChI=1S/C19H40O5S.K/c1-3-5-6-7-8-9-10-11-12-13-14-15-16-18-23-19(17-4-2)24-25(20,21)22;/h19H,3-18H2,1-2H3,(H,20,21,22);/q;+1/p-1. The van der Waals surface area contributed by atoms with Crippen LogP contribution in [0.5, 0.6) is 0 Å². The molecule has 7 heteroatoms. The summed E-state index contributed by atoms with van der Waals surface area (Å²) in [7, 11) is -4.69. The van der Waals surface area contributed by atoms with Gasteiger partial charge in [0.25, 0.3) is 0 Å². The van der Waals surface area contributed by atoms with Crippen molar-refractivity contribution in [1.82, 2.24) is 0 Å². The number of ether oxygens (including phenoxy) is 1. The molecule has 5 nitrogen and oxygen atoms in total. The number of rotatable bonds is 19. The van der Waals surface area contributed by atoms with E-state index < -0.39 is 16.7 Å². The van der Waals surface area contributed by atoms with Gasteiger partial charge in [0, 0.05) is 6.61 Å². The van der Waals surface area contributed by atoms with Crippen molar-refractivity contribution in [3.8, 4) is 0 Å². The molecule has 0 aromatic heterocycles. The fourth-order valence-electron chi connectivity index (χ4n) is 2.86. The van der Waals surface area contributed by atoms with E-state index in [1.54, 1.807) is 0 Å². The Hall–Kier alpha value is 1.47. The minimum Gasteiger partial charge on any atom is -0.725 e. The van der Waals surface area contributed by atoms with Gasteiger partial charge in [-0.1, -0.05) is 97.3 Å². The molecule has 0 N–H and O–H groups in total. The molecular formula is C19H39KO5S. The van der Waals surface area contributed by atoms with Crippen LogP contribution in [-0.2, 0) is 19.3 Å². The van der Waals surface area contributed by atoms with Crippen LogP contribution in [0.2, 0.25) is 0 Å². The zero-order valence-electron chi connectivity index (χ0n) is 17.3. The Morgan fingerprint density at radius 1 is 0.731 bits per heavy atom. The van der Waals surface area contributed by atoms with Crippen LogP contribution in [0, 0.1) is 0 Å². The molecule has 152 valence electrons. The van der Waals surface area contributed by atoms with Gasteiger partial charge >= 0.3 is 51.4 Å². The van der Waals surface area contributed by atoms with Gasteiger partial charge in [-0.3, -0.25) is 0 Å². The van der Waals surface area contributed by atoms with Crippen molar-refractivity contribution in [1.29, 1.82) is 0 Å². The van der Waals surface area contributed by atoms with E-state index in [0.717, 1.165) is 12.8 Å². The second-order valence-corrected chi connectivity index (χ2v) is 7.85. The van der Waals surface area contributed by atoms with Crippen LogP contribution in [0.3, 0.4) is 0 Å². The van der Waals surface area contributed by atoms with Crippen LogP contribution in [-0.4, -0.2) is 25.9 Å². The predicted molar refractivity (Wildman–Crippen MR) is 101 cm³/mol. The molecule has 0 rings (SSSR count). The second-order valence-electron chi connectivity index (χ2n) is 6.84. The average molecular weight is 419 g/mol. The van der Waals surface area contributed by atoms with Gasteiger partial charge in [-0.25, -0.2) is 12.6 Å². The van der Waals surface area contributed by atoms with Crippen molar-refractivity contribution in [2.75, 3.05) is 6.61 Å². The predicted octanol–water partition coefficient (Wildman–Crippen LogP) is 2.70. The monoisotopic (exact) mass is 418 g/mol. The zero-order chi connectivity index (χ0) is 18.8. The Bertz CT molecular complexity index is 376. The molecular weight excluding hydrogens is 379 g/mol. The SMILES string of the molecule is CCCCCCCCCCCCCCCOC(CCC)OS(=O)(=O)[O-].[K+]. The molecule has 0 heterocycles. The molecule has 0 aliphatic rings.